The van der Waals surface area contributed by atoms with Gasteiger partial charge in [0.25, 0.3) is 11.8 Å². The van der Waals surface area contributed by atoms with Crippen molar-refractivity contribution in [2.75, 3.05) is 11.9 Å². The summed E-state index contributed by atoms with van der Waals surface area (Å²) in [6.45, 7) is 0.601. The Balaban J connectivity index is 1.22. The summed E-state index contributed by atoms with van der Waals surface area (Å²) in [4.78, 5) is 75.6. The van der Waals surface area contributed by atoms with Crippen LogP contribution in [0.1, 0.15) is 71.2 Å². The van der Waals surface area contributed by atoms with Gasteiger partial charge in [-0.25, -0.2) is 4.79 Å². The summed E-state index contributed by atoms with van der Waals surface area (Å²) in [6.07, 6.45) is 2.26. The normalized spacial score (nSPS) is 16.8. The second kappa shape index (κ2) is 12.8. The van der Waals surface area contributed by atoms with Gasteiger partial charge in [0, 0.05) is 19.4 Å². The number of hydrogen-bond donors (Lipinski definition) is 3. The van der Waals surface area contributed by atoms with Gasteiger partial charge in [-0.2, -0.15) is 0 Å². The number of hydrogen-bond acceptors (Lipinski definition) is 7. The van der Waals surface area contributed by atoms with Crippen molar-refractivity contribution in [2.24, 2.45) is 0 Å². The van der Waals surface area contributed by atoms with Crippen molar-refractivity contribution in [1.29, 1.82) is 0 Å². The fourth-order valence-electron chi connectivity index (χ4n) is 4.57. The number of carbonyl (C=O) groups excluding carboxylic acids is 6. The molecule has 2 heterocycles. The predicted molar refractivity (Wildman–Crippen MR) is 139 cm³/mol. The average molecular weight is 535 g/mol. The first-order valence-electron chi connectivity index (χ1n) is 12.9. The SMILES string of the molecule is O=C1CCCC(N2C(=O)c3cccc(NC(=O)CCCCCNC(=O)OCc4ccccc4)c3C2=O)C(=O)N1. The van der Waals surface area contributed by atoms with Crippen LogP contribution in [0.5, 0.6) is 0 Å². The number of anilines is 1. The summed E-state index contributed by atoms with van der Waals surface area (Å²) in [6, 6.07) is 12.8. The van der Waals surface area contributed by atoms with Crippen LogP contribution in [0, 0.1) is 0 Å². The lowest BCUT2D eigenvalue weighted by Gasteiger charge is -2.23. The molecule has 0 spiro atoms. The monoisotopic (exact) mass is 534 g/mol. The van der Waals surface area contributed by atoms with Crippen LogP contribution >= 0.6 is 0 Å². The standard InChI is InChI=1S/C28H30N4O7/c33-22(14-5-2-6-16-29-28(38)39-17-18-9-3-1-4-10-18)30-20-12-7-11-19-24(20)27(37)32(26(19)36)21-13-8-15-23(34)31-25(21)35/h1,3-4,7,9-12,21H,2,5-6,8,13-17H2,(H,29,38)(H,30,33)(H,31,34,35). The lowest BCUT2D eigenvalue weighted by atomic mass is 10.1. The van der Waals surface area contributed by atoms with Gasteiger partial charge in [0.15, 0.2) is 0 Å². The molecule has 11 nitrogen and oxygen atoms in total. The molecule has 39 heavy (non-hydrogen) atoms. The Morgan fingerprint density at radius 3 is 2.54 bits per heavy atom. The Hall–Kier alpha value is -4.54. The average Bonchev–Trinajstić information content (AvgIpc) is 3.05. The zero-order valence-corrected chi connectivity index (χ0v) is 21.4. The summed E-state index contributed by atoms with van der Waals surface area (Å²) in [7, 11) is 0. The van der Waals surface area contributed by atoms with Gasteiger partial charge in [0.2, 0.25) is 17.7 Å². The van der Waals surface area contributed by atoms with Crippen molar-refractivity contribution in [3.63, 3.8) is 0 Å². The lowest BCUT2D eigenvalue weighted by Crippen LogP contribution is -2.49. The molecule has 1 saturated heterocycles. The number of carbonyl (C=O) groups is 6. The molecule has 6 amide bonds. The number of ether oxygens (including phenoxy) is 1. The fourth-order valence-corrected chi connectivity index (χ4v) is 4.57. The molecule has 0 saturated carbocycles. The number of alkyl carbamates (subject to hydrolysis) is 1. The molecule has 3 N–H and O–H groups in total. The summed E-state index contributed by atoms with van der Waals surface area (Å²) in [5.41, 5.74) is 1.24. The van der Waals surface area contributed by atoms with Crippen LogP contribution in [-0.2, 0) is 25.7 Å². The molecule has 0 aromatic heterocycles. The van der Waals surface area contributed by atoms with Gasteiger partial charge in [0.1, 0.15) is 12.6 Å². The van der Waals surface area contributed by atoms with Gasteiger partial charge in [-0.1, -0.05) is 42.8 Å². The summed E-state index contributed by atoms with van der Waals surface area (Å²) in [5, 5.41) is 7.60. The van der Waals surface area contributed by atoms with E-state index in [-0.39, 0.29) is 48.6 Å². The summed E-state index contributed by atoms with van der Waals surface area (Å²) < 4.78 is 5.15. The highest BCUT2D eigenvalue weighted by molar-refractivity contribution is 6.26. The van der Waals surface area contributed by atoms with Crippen molar-refractivity contribution in [1.82, 2.24) is 15.5 Å². The minimum Gasteiger partial charge on any atom is -0.445 e. The van der Waals surface area contributed by atoms with Gasteiger partial charge in [-0.15, -0.1) is 0 Å². The summed E-state index contributed by atoms with van der Waals surface area (Å²) >= 11 is 0. The van der Waals surface area contributed by atoms with Gasteiger partial charge in [-0.3, -0.25) is 34.2 Å². The van der Waals surface area contributed by atoms with E-state index >= 15 is 0 Å². The highest BCUT2D eigenvalue weighted by atomic mass is 16.5. The Morgan fingerprint density at radius 1 is 0.949 bits per heavy atom. The Labute approximate surface area is 225 Å². The van der Waals surface area contributed by atoms with Crippen molar-refractivity contribution in [3.05, 3.63) is 65.2 Å². The Bertz CT molecular complexity index is 1280. The van der Waals surface area contributed by atoms with Crippen LogP contribution in [0.15, 0.2) is 48.5 Å². The molecular formula is C28H30N4O7. The van der Waals surface area contributed by atoms with E-state index in [1.807, 2.05) is 30.3 Å². The molecule has 1 fully saturated rings. The second-order valence-corrected chi connectivity index (χ2v) is 9.38. The molecule has 0 aliphatic carbocycles. The molecule has 0 radical (unpaired) electrons. The van der Waals surface area contributed by atoms with E-state index in [0.29, 0.717) is 32.2 Å². The zero-order chi connectivity index (χ0) is 27.8. The molecule has 0 bridgehead atoms. The third-order valence-corrected chi connectivity index (χ3v) is 6.54. The molecule has 11 heteroatoms. The topological polar surface area (TPSA) is 151 Å². The van der Waals surface area contributed by atoms with E-state index in [4.69, 9.17) is 4.74 Å². The van der Waals surface area contributed by atoms with E-state index in [2.05, 4.69) is 16.0 Å². The number of nitrogens with zero attached hydrogens (tertiary/aromatic N) is 1. The van der Waals surface area contributed by atoms with Crippen molar-refractivity contribution >= 4 is 41.3 Å². The first kappa shape index (κ1) is 27.5. The van der Waals surface area contributed by atoms with Crippen molar-refractivity contribution < 1.29 is 33.5 Å². The highest BCUT2D eigenvalue weighted by Crippen LogP contribution is 2.32. The Morgan fingerprint density at radius 2 is 1.74 bits per heavy atom. The number of unbranched alkanes of at least 4 members (excludes halogenated alkanes) is 2. The van der Waals surface area contributed by atoms with E-state index in [0.717, 1.165) is 10.5 Å². The maximum Gasteiger partial charge on any atom is 0.407 e. The van der Waals surface area contributed by atoms with Crippen molar-refractivity contribution in [3.8, 4) is 0 Å². The van der Waals surface area contributed by atoms with Crippen LogP contribution in [0.25, 0.3) is 0 Å². The maximum absolute atomic E-state index is 13.2. The molecule has 1 atom stereocenters. The highest BCUT2D eigenvalue weighted by Gasteiger charge is 2.44. The molecular weight excluding hydrogens is 504 g/mol. The number of benzene rings is 2. The first-order chi connectivity index (χ1) is 18.8. The van der Waals surface area contributed by atoms with Crippen LogP contribution in [0.3, 0.4) is 0 Å². The van der Waals surface area contributed by atoms with Gasteiger partial charge in [0.05, 0.1) is 16.8 Å². The number of amides is 6. The maximum atomic E-state index is 13.2. The van der Waals surface area contributed by atoms with Crippen LogP contribution in [0.4, 0.5) is 10.5 Å². The van der Waals surface area contributed by atoms with E-state index in [1.54, 1.807) is 6.07 Å². The smallest absolute Gasteiger partial charge is 0.407 e. The predicted octanol–water partition coefficient (Wildman–Crippen LogP) is 2.90. The zero-order valence-electron chi connectivity index (χ0n) is 21.4. The van der Waals surface area contributed by atoms with Gasteiger partial charge < -0.3 is 15.4 Å². The first-order valence-corrected chi connectivity index (χ1v) is 12.9. The van der Waals surface area contributed by atoms with Crippen LogP contribution < -0.4 is 16.0 Å². The molecule has 1 unspecified atom stereocenters. The lowest BCUT2D eigenvalue weighted by molar-refractivity contribution is -0.131. The second-order valence-electron chi connectivity index (χ2n) is 9.38. The quantitative estimate of drug-likeness (QED) is 0.313. The molecule has 2 aromatic carbocycles. The fraction of sp³-hybridized carbons (Fsp3) is 0.357. The van der Waals surface area contributed by atoms with Crippen LogP contribution in [-0.4, -0.2) is 53.1 Å². The molecule has 2 aliphatic heterocycles. The number of imide groups is 2. The third-order valence-electron chi connectivity index (χ3n) is 6.54. The molecule has 2 aliphatic rings. The minimum atomic E-state index is -1.09. The molecule has 204 valence electrons. The summed E-state index contributed by atoms with van der Waals surface area (Å²) in [5.74, 6) is -2.75. The van der Waals surface area contributed by atoms with Gasteiger partial charge >= 0.3 is 6.09 Å². The van der Waals surface area contributed by atoms with Gasteiger partial charge in [-0.05, 0) is 43.4 Å². The minimum absolute atomic E-state index is 0.0393. The number of fused-ring (bicyclic) bond motifs is 1. The van der Waals surface area contributed by atoms with E-state index < -0.39 is 35.8 Å². The van der Waals surface area contributed by atoms with E-state index in [1.165, 1.54) is 12.1 Å². The third kappa shape index (κ3) is 6.86. The number of rotatable bonds is 10. The molecule has 2 aromatic rings. The van der Waals surface area contributed by atoms with E-state index in [9.17, 15) is 28.8 Å². The van der Waals surface area contributed by atoms with Crippen LogP contribution in [0.2, 0.25) is 0 Å². The number of nitrogens with one attached hydrogen (secondary N) is 3. The largest absolute Gasteiger partial charge is 0.445 e. The Kier molecular flexibility index (Phi) is 9.03. The molecule has 4 rings (SSSR count). The van der Waals surface area contributed by atoms with Crippen molar-refractivity contribution in [2.45, 2.75) is 57.6 Å².